The lowest BCUT2D eigenvalue weighted by atomic mass is 10.2. The van der Waals surface area contributed by atoms with Gasteiger partial charge in [-0.05, 0) is 12.5 Å². The third-order valence-corrected chi connectivity index (χ3v) is 4.75. The van der Waals surface area contributed by atoms with Crippen molar-refractivity contribution in [3.05, 3.63) is 48.9 Å². The maximum atomic E-state index is 13.0. The first-order valence-electron chi connectivity index (χ1n) is 8.85. The Morgan fingerprint density at radius 3 is 2.76 bits per heavy atom. The fraction of sp³-hybridized carbons (Fsp3) is 0.278. The molecule has 148 valence electrons. The second-order valence-corrected chi connectivity index (χ2v) is 6.63. The SMILES string of the molecule is FC(F)(F)c1cn2c(-c3nccc(-c4cnn(C5CCOC5)c4)n3)cnc2cn1. The van der Waals surface area contributed by atoms with E-state index in [4.69, 9.17) is 4.74 Å². The van der Waals surface area contributed by atoms with Crippen molar-refractivity contribution in [1.82, 2.24) is 34.1 Å². The van der Waals surface area contributed by atoms with Gasteiger partial charge in [0, 0.05) is 30.8 Å². The van der Waals surface area contributed by atoms with E-state index in [1.807, 2.05) is 10.9 Å². The quantitative estimate of drug-likeness (QED) is 0.525. The minimum Gasteiger partial charge on any atom is -0.379 e. The van der Waals surface area contributed by atoms with Crippen LogP contribution >= 0.6 is 0 Å². The molecule has 0 aromatic carbocycles. The van der Waals surface area contributed by atoms with Crippen LogP contribution in [0.3, 0.4) is 0 Å². The van der Waals surface area contributed by atoms with E-state index < -0.39 is 11.9 Å². The Morgan fingerprint density at radius 1 is 1.07 bits per heavy atom. The number of aromatic nitrogens is 7. The Morgan fingerprint density at radius 2 is 1.97 bits per heavy atom. The normalized spacial score (nSPS) is 17.3. The van der Waals surface area contributed by atoms with Crippen LogP contribution in [-0.2, 0) is 10.9 Å². The number of ether oxygens (including phenoxy) is 1. The summed E-state index contributed by atoms with van der Waals surface area (Å²) in [4.78, 5) is 16.2. The highest BCUT2D eigenvalue weighted by Gasteiger charge is 2.33. The Kier molecular flexibility index (Phi) is 4.05. The first-order valence-corrected chi connectivity index (χ1v) is 8.85. The van der Waals surface area contributed by atoms with Crippen molar-refractivity contribution in [2.24, 2.45) is 0 Å². The lowest BCUT2D eigenvalue weighted by Gasteiger charge is -2.07. The minimum atomic E-state index is -4.56. The van der Waals surface area contributed by atoms with Crippen molar-refractivity contribution in [3.8, 4) is 22.8 Å². The van der Waals surface area contributed by atoms with Crippen LogP contribution in [0, 0.1) is 0 Å². The zero-order chi connectivity index (χ0) is 20.0. The van der Waals surface area contributed by atoms with E-state index in [2.05, 4.69) is 25.0 Å². The minimum absolute atomic E-state index is 0.192. The van der Waals surface area contributed by atoms with Gasteiger partial charge in [0.15, 0.2) is 17.2 Å². The van der Waals surface area contributed by atoms with E-state index in [9.17, 15) is 13.2 Å². The Balaban J connectivity index is 1.53. The van der Waals surface area contributed by atoms with Crippen molar-refractivity contribution in [3.63, 3.8) is 0 Å². The maximum Gasteiger partial charge on any atom is 0.434 e. The van der Waals surface area contributed by atoms with Gasteiger partial charge in [0.2, 0.25) is 0 Å². The van der Waals surface area contributed by atoms with Gasteiger partial charge in [-0.15, -0.1) is 0 Å². The molecule has 4 aromatic rings. The number of fused-ring (bicyclic) bond motifs is 1. The molecule has 1 aliphatic heterocycles. The highest BCUT2D eigenvalue weighted by molar-refractivity contribution is 5.62. The molecule has 1 unspecified atom stereocenters. The molecule has 1 fully saturated rings. The van der Waals surface area contributed by atoms with Crippen molar-refractivity contribution in [2.75, 3.05) is 13.2 Å². The molecule has 1 saturated heterocycles. The van der Waals surface area contributed by atoms with E-state index in [0.29, 0.717) is 24.6 Å². The molecule has 1 atom stereocenters. The number of alkyl halides is 3. The lowest BCUT2D eigenvalue weighted by Crippen LogP contribution is -2.09. The Hall–Kier alpha value is -3.34. The van der Waals surface area contributed by atoms with Crippen LogP contribution in [-0.4, -0.2) is 47.3 Å². The first kappa shape index (κ1) is 17.7. The van der Waals surface area contributed by atoms with Crippen molar-refractivity contribution >= 4 is 5.65 Å². The topological polar surface area (TPSA) is 83.0 Å². The number of imidazole rings is 1. The lowest BCUT2D eigenvalue weighted by molar-refractivity contribution is -0.141. The summed E-state index contributed by atoms with van der Waals surface area (Å²) in [7, 11) is 0. The van der Waals surface area contributed by atoms with Gasteiger partial charge < -0.3 is 4.74 Å². The number of nitrogens with zero attached hydrogens (tertiary/aromatic N) is 7. The molecular weight excluding hydrogens is 387 g/mol. The zero-order valence-corrected chi connectivity index (χ0v) is 14.9. The third kappa shape index (κ3) is 3.23. The van der Waals surface area contributed by atoms with Gasteiger partial charge in [-0.25, -0.2) is 19.9 Å². The Labute approximate surface area is 162 Å². The summed E-state index contributed by atoms with van der Waals surface area (Å²) in [6, 6.07) is 1.92. The summed E-state index contributed by atoms with van der Waals surface area (Å²) in [6.45, 7) is 1.33. The molecule has 8 nitrogen and oxygen atoms in total. The van der Waals surface area contributed by atoms with E-state index in [1.54, 1.807) is 18.5 Å². The van der Waals surface area contributed by atoms with Gasteiger partial charge in [0.1, 0.15) is 5.69 Å². The third-order valence-electron chi connectivity index (χ3n) is 4.75. The van der Waals surface area contributed by atoms with Crippen LogP contribution in [0.15, 0.2) is 43.2 Å². The number of rotatable bonds is 3. The summed E-state index contributed by atoms with van der Waals surface area (Å²) in [5.41, 5.74) is 0.995. The average molecular weight is 401 g/mol. The van der Waals surface area contributed by atoms with Crippen LogP contribution in [0.2, 0.25) is 0 Å². The van der Waals surface area contributed by atoms with Gasteiger partial charge in [0.05, 0.1) is 36.9 Å². The molecule has 5 heterocycles. The van der Waals surface area contributed by atoms with Gasteiger partial charge in [0.25, 0.3) is 0 Å². The molecule has 0 spiro atoms. The maximum absolute atomic E-state index is 13.0. The summed E-state index contributed by atoms with van der Waals surface area (Å²) in [5.74, 6) is 0.256. The second kappa shape index (κ2) is 6.62. The standard InChI is InChI=1S/C18H14F3N7O/c19-18(20,21)15-9-27-14(6-24-16(27)7-23-15)17-22-3-1-13(26-17)11-5-25-28(8-11)12-2-4-29-10-12/h1,3,5-9,12H,2,4,10H2. The summed E-state index contributed by atoms with van der Waals surface area (Å²) in [5, 5.41) is 4.38. The fourth-order valence-electron chi connectivity index (χ4n) is 3.24. The van der Waals surface area contributed by atoms with E-state index in [-0.39, 0.29) is 17.5 Å². The summed E-state index contributed by atoms with van der Waals surface area (Å²) in [6.07, 6.45) is 4.87. The van der Waals surface area contributed by atoms with Crippen molar-refractivity contribution in [1.29, 1.82) is 0 Å². The molecular formula is C18H14F3N7O. The summed E-state index contributed by atoms with van der Waals surface area (Å²) < 4.78 is 47.6. The van der Waals surface area contributed by atoms with Crippen LogP contribution in [0.25, 0.3) is 28.4 Å². The molecule has 0 bridgehead atoms. The summed E-state index contributed by atoms with van der Waals surface area (Å²) >= 11 is 0. The number of hydrogen-bond acceptors (Lipinski definition) is 6. The highest BCUT2D eigenvalue weighted by atomic mass is 19.4. The molecule has 4 aromatic heterocycles. The van der Waals surface area contributed by atoms with Gasteiger partial charge in [-0.2, -0.15) is 18.3 Å². The van der Waals surface area contributed by atoms with Gasteiger partial charge >= 0.3 is 6.18 Å². The van der Waals surface area contributed by atoms with Gasteiger partial charge in [-0.1, -0.05) is 0 Å². The smallest absolute Gasteiger partial charge is 0.379 e. The van der Waals surface area contributed by atoms with E-state index in [1.165, 1.54) is 10.6 Å². The number of halogens is 3. The molecule has 0 saturated carbocycles. The van der Waals surface area contributed by atoms with Crippen molar-refractivity contribution in [2.45, 2.75) is 18.6 Å². The molecule has 11 heteroatoms. The van der Waals surface area contributed by atoms with E-state index >= 15 is 0 Å². The monoisotopic (exact) mass is 401 g/mol. The molecule has 5 rings (SSSR count). The van der Waals surface area contributed by atoms with E-state index in [0.717, 1.165) is 24.4 Å². The zero-order valence-electron chi connectivity index (χ0n) is 14.9. The van der Waals surface area contributed by atoms with Crippen molar-refractivity contribution < 1.29 is 17.9 Å². The number of hydrogen-bond donors (Lipinski definition) is 0. The van der Waals surface area contributed by atoms with Crippen LogP contribution < -0.4 is 0 Å². The fourth-order valence-corrected chi connectivity index (χ4v) is 3.24. The molecule has 29 heavy (non-hydrogen) atoms. The average Bonchev–Trinajstić information content (AvgIpc) is 3.46. The molecule has 0 aliphatic carbocycles. The highest BCUT2D eigenvalue weighted by Crippen LogP contribution is 2.29. The predicted molar refractivity (Wildman–Crippen MR) is 94.7 cm³/mol. The molecule has 1 aliphatic rings. The first-order chi connectivity index (χ1) is 14.0. The predicted octanol–water partition coefficient (Wildman–Crippen LogP) is 3.03. The Bertz CT molecular complexity index is 1180. The molecule has 0 radical (unpaired) electrons. The van der Waals surface area contributed by atoms with Crippen LogP contribution in [0.1, 0.15) is 18.2 Å². The molecule has 0 N–H and O–H groups in total. The van der Waals surface area contributed by atoms with Crippen LogP contribution in [0.5, 0.6) is 0 Å². The van der Waals surface area contributed by atoms with Crippen LogP contribution in [0.4, 0.5) is 13.2 Å². The molecule has 0 amide bonds. The largest absolute Gasteiger partial charge is 0.434 e. The van der Waals surface area contributed by atoms with Gasteiger partial charge in [-0.3, -0.25) is 9.08 Å². The second-order valence-electron chi connectivity index (χ2n) is 6.63.